The van der Waals surface area contributed by atoms with Crippen LogP contribution in [-0.2, 0) is 4.74 Å². The number of ether oxygens (including phenoxy) is 1. The van der Waals surface area contributed by atoms with E-state index in [4.69, 9.17) is 4.74 Å². The molecule has 112 valence electrons. The molecular weight excluding hydrogens is 236 g/mol. The van der Waals surface area contributed by atoms with Crippen LogP contribution in [0, 0.1) is 5.41 Å². The van der Waals surface area contributed by atoms with Crippen molar-refractivity contribution >= 4 is 0 Å². The highest BCUT2D eigenvalue weighted by atomic mass is 16.5. The van der Waals surface area contributed by atoms with Crippen molar-refractivity contribution in [3.05, 3.63) is 0 Å². The Morgan fingerprint density at radius 3 is 2.42 bits per heavy atom. The van der Waals surface area contributed by atoms with E-state index in [-0.39, 0.29) is 0 Å². The summed E-state index contributed by atoms with van der Waals surface area (Å²) in [5, 5.41) is 3.77. The second kappa shape index (κ2) is 6.11. The van der Waals surface area contributed by atoms with Crippen LogP contribution in [-0.4, -0.2) is 48.8 Å². The van der Waals surface area contributed by atoms with Crippen molar-refractivity contribution in [3.63, 3.8) is 0 Å². The van der Waals surface area contributed by atoms with Gasteiger partial charge in [0.05, 0.1) is 12.2 Å². The fraction of sp³-hybridized carbons (Fsp3) is 1.00. The topological polar surface area (TPSA) is 24.5 Å². The summed E-state index contributed by atoms with van der Waals surface area (Å²) >= 11 is 0. The van der Waals surface area contributed by atoms with Gasteiger partial charge in [-0.1, -0.05) is 27.2 Å². The van der Waals surface area contributed by atoms with Crippen molar-refractivity contribution in [2.75, 3.05) is 19.6 Å². The van der Waals surface area contributed by atoms with E-state index >= 15 is 0 Å². The summed E-state index contributed by atoms with van der Waals surface area (Å²) in [6, 6.07) is 1.29. The number of morpholine rings is 1. The van der Waals surface area contributed by atoms with Gasteiger partial charge in [-0.05, 0) is 38.6 Å². The largest absolute Gasteiger partial charge is 0.373 e. The first-order valence-corrected chi connectivity index (χ1v) is 8.07. The van der Waals surface area contributed by atoms with Gasteiger partial charge in [0.1, 0.15) is 0 Å². The van der Waals surface area contributed by atoms with Gasteiger partial charge in [-0.2, -0.15) is 0 Å². The quantitative estimate of drug-likeness (QED) is 0.851. The highest BCUT2D eigenvalue weighted by Crippen LogP contribution is 2.38. The van der Waals surface area contributed by atoms with Crippen LogP contribution >= 0.6 is 0 Å². The highest BCUT2D eigenvalue weighted by molar-refractivity contribution is 4.99. The maximum absolute atomic E-state index is 5.89. The summed E-state index contributed by atoms with van der Waals surface area (Å²) in [5.41, 5.74) is 0.406. The van der Waals surface area contributed by atoms with E-state index in [9.17, 15) is 0 Å². The molecule has 1 saturated heterocycles. The Morgan fingerprint density at radius 2 is 1.84 bits per heavy atom. The van der Waals surface area contributed by atoms with Crippen molar-refractivity contribution in [3.8, 4) is 0 Å². The second-order valence-corrected chi connectivity index (χ2v) is 7.19. The van der Waals surface area contributed by atoms with Crippen LogP contribution in [0.5, 0.6) is 0 Å². The van der Waals surface area contributed by atoms with Gasteiger partial charge in [0, 0.05) is 25.2 Å². The van der Waals surface area contributed by atoms with E-state index in [2.05, 4.69) is 44.8 Å². The Morgan fingerprint density at radius 1 is 1.21 bits per heavy atom. The van der Waals surface area contributed by atoms with Crippen LogP contribution < -0.4 is 5.32 Å². The molecule has 1 aliphatic heterocycles. The van der Waals surface area contributed by atoms with Gasteiger partial charge >= 0.3 is 0 Å². The molecule has 0 bridgehead atoms. The third-order valence-corrected chi connectivity index (χ3v) is 4.89. The Kier molecular flexibility index (Phi) is 4.91. The van der Waals surface area contributed by atoms with Gasteiger partial charge in [0.15, 0.2) is 0 Å². The number of hydrogen-bond acceptors (Lipinski definition) is 3. The SMILES string of the molecule is CCNC1C(N2CC(C)OC(C)C2)CCCC1(C)C. The van der Waals surface area contributed by atoms with Gasteiger partial charge in [-0.25, -0.2) is 0 Å². The summed E-state index contributed by atoms with van der Waals surface area (Å²) in [6.45, 7) is 14.8. The maximum atomic E-state index is 5.89. The molecule has 2 aliphatic rings. The Bertz CT molecular complexity index is 282. The summed E-state index contributed by atoms with van der Waals surface area (Å²) < 4.78 is 5.89. The average molecular weight is 268 g/mol. The van der Waals surface area contributed by atoms with Gasteiger partial charge in [-0.3, -0.25) is 4.90 Å². The van der Waals surface area contributed by atoms with E-state index in [0.29, 0.717) is 29.7 Å². The van der Waals surface area contributed by atoms with Crippen LogP contribution in [0.3, 0.4) is 0 Å². The lowest BCUT2D eigenvalue weighted by atomic mass is 9.70. The lowest BCUT2D eigenvalue weighted by Gasteiger charge is -2.51. The molecule has 2 fully saturated rings. The van der Waals surface area contributed by atoms with Crippen LogP contribution in [0.4, 0.5) is 0 Å². The molecule has 1 saturated carbocycles. The van der Waals surface area contributed by atoms with E-state index in [1.165, 1.54) is 19.3 Å². The molecule has 0 aromatic rings. The van der Waals surface area contributed by atoms with Crippen molar-refractivity contribution in [2.45, 2.75) is 78.2 Å². The molecule has 2 rings (SSSR count). The molecule has 3 nitrogen and oxygen atoms in total. The van der Waals surface area contributed by atoms with Gasteiger partial charge in [-0.15, -0.1) is 0 Å². The summed E-state index contributed by atoms with van der Waals surface area (Å²) in [6.07, 6.45) is 4.78. The van der Waals surface area contributed by atoms with Gasteiger partial charge in [0.25, 0.3) is 0 Å². The Hall–Kier alpha value is -0.120. The van der Waals surface area contributed by atoms with Crippen molar-refractivity contribution in [2.24, 2.45) is 5.41 Å². The molecule has 4 unspecified atom stereocenters. The lowest BCUT2D eigenvalue weighted by molar-refractivity contribution is -0.0957. The highest BCUT2D eigenvalue weighted by Gasteiger charge is 2.42. The average Bonchev–Trinajstić information content (AvgIpc) is 2.30. The Balaban J connectivity index is 2.11. The summed E-state index contributed by atoms with van der Waals surface area (Å²) in [5.74, 6) is 0. The fourth-order valence-corrected chi connectivity index (χ4v) is 4.12. The molecule has 0 radical (unpaired) electrons. The van der Waals surface area contributed by atoms with Crippen LogP contribution in [0.1, 0.15) is 53.9 Å². The molecule has 3 heteroatoms. The minimum atomic E-state index is 0.371. The molecule has 4 atom stereocenters. The zero-order chi connectivity index (χ0) is 14.0. The second-order valence-electron chi connectivity index (χ2n) is 7.19. The van der Waals surface area contributed by atoms with E-state index in [1.54, 1.807) is 0 Å². The van der Waals surface area contributed by atoms with E-state index in [1.807, 2.05) is 0 Å². The first-order chi connectivity index (χ1) is 8.94. The standard InChI is InChI=1S/C16H32N2O/c1-6-17-15-14(8-7-9-16(15,4)5)18-10-12(2)19-13(3)11-18/h12-15,17H,6-11H2,1-5H3. The first-order valence-electron chi connectivity index (χ1n) is 8.07. The predicted octanol–water partition coefficient (Wildman–Crippen LogP) is 2.65. The van der Waals surface area contributed by atoms with Crippen molar-refractivity contribution < 1.29 is 4.74 Å². The predicted molar refractivity (Wildman–Crippen MR) is 80.5 cm³/mol. The Labute approximate surface area is 119 Å². The number of likely N-dealkylation sites (N-methyl/N-ethyl adjacent to an activating group) is 1. The zero-order valence-electron chi connectivity index (χ0n) is 13.4. The summed E-state index contributed by atoms with van der Waals surface area (Å²) in [7, 11) is 0. The molecule has 1 heterocycles. The monoisotopic (exact) mass is 268 g/mol. The summed E-state index contributed by atoms with van der Waals surface area (Å²) in [4.78, 5) is 2.69. The molecule has 0 aromatic carbocycles. The molecule has 0 aromatic heterocycles. The maximum Gasteiger partial charge on any atom is 0.0678 e. The van der Waals surface area contributed by atoms with Gasteiger partial charge in [0.2, 0.25) is 0 Å². The van der Waals surface area contributed by atoms with Crippen molar-refractivity contribution in [1.29, 1.82) is 0 Å². The minimum Gasteiger partial charge on any atom is -0.373 e. The number of nitrogens with zero attached hydrogens (tertiary/aromatic N) is 1. The molecule has 1 aliphatic carbocycles. The molecule has 1 N–H and O–H groups in total. The molecular formula is C16H32N2O. The zero-order valence-corrected chi connectivity index (χ0v) is 13.4. The normalized spacial score (nSPS) is 40.3. The van der Waals surface area contributed by atoms with Crippen molar-refractivity contribution in [1.82, 2.24) is 10.2 Å². The number of rotatable bonds is 3. The van der Waals surface area contributed by atoms with Gasteiger partial charge < -0.3 is 10.1 Å². The third kappa shape index (κ3) is 3.50. The molecule has 19 heavy (non-hydrogen) atoms. The lowest BCUT2D eigenvalue weighted by Crippen LogP contribution is -2.62. The first kappa shape index (κ1) is 15.3. The molecule has 0 amide bonds. The third-order valence-electron chi connectivity index (χ3n) is 4.89. The molecule has 0 spiro atoms. The van der Waals surface area contributed by atoms with E-state index in [0.717, 1.165) is 19.6 Å². The van der Waals surface area contributed by atoms with Crippen LogP contribution in [0.2, 0.25) is 0 Å². The van der Waals surface area contributed by atoms with Crippen LogP contribution in [0.15, 0.2) is 0 Å². The minimum absolute atomic E-state index is 0.371. The smallest absolute Gasteiger partial charge is 0.0678 e. The number of nitrogens with one attached hydrogen (secondary N) is 1. The fourth-order valence-electron chi connectivity index (χ4n) is 4.12. The number of hydrogen-bond donors (Lipinski definition) is 1. The van der Waals surface area contributed by atoms with Crippen LogP contribution in [0.25, 0.3) is 0 Å². The van der Waals surface area contributed by atoms with E-state index < -0.39 is 0 Å².